The zero-order chi connectivity index (χ0) is 19.3. The summed E-state index contributed by atoms with van der Waals surface area (Å²) in [4.78, 5) is 32.7. The second kappa shape index (κ2) is 6.47. The first-order valence-corrected chi connectivity index (χ1v) is 9.51. The molecule has 146 valence electrons. The van der Waals surface area contributed by atoms with Gasteiger partial charge in [0.05, 0.1) is 5.39 Å². The van der Waals surface area contributed by atoms with Gasteiger partial charge >= 0.3 is 6.03 Å². The number of nitrogens with one attached hydrogen (secondary N) is 2. The first-order valence-electron chi connectivity index (χ1n) is 9.51. The van der Waals surface area contributed by atoms with Gasteiger partial charge in [-0.1, -0.05) is 0 Å². The van der Waals surface area contributed by atoms with Crippen molar-refractivity contribution in [3.63, 3.8) is 0 Å². The van der Waals surface area contributed by atoms with Crippen LogP contribution < -0.4 is 10.2 Å². The Morgan fingerprint density at radius 1 is 1.25 bits per heavy atom. The molecular formula is C18H23N9O. The third-order valence-electron chi connectivity index (χ3n) is 6.05. The van der Waals surface area contributed by atoms with Crippen molar-refractivity contribution < 1.29 is 4.79 Å². The largest absolute Gasteiger partial charge is 0.356 e. The number of nitrogens with zero attached hydrogens (tertiary/aromatic N) is 7. The van der Waals surface area contributed by atoms with Crippen LogP contribution >= 0.6 is 0 Å². The van der Waals surface area contributed by atoms with Crippen LogP contribution in [0.15, 0.2) is 24.9 Å². The van der Waals surface area contributed by atoms with E-state index in [4.69, 9.17) is 0 Å². The number of fused-ring (bicyclic) bond motifs is 2. The van der Waals surface area contributed by atoms with Gasteiger partial charge in [0, 0.05) is 39.4 Å². The summed E-state index contributed by atoms with van der Waals surface area (Å²) in [6.07, 6.45) is 7.19. The number of hydrogen-bond donors (Lipinski definition) is 2. The van der Waals surface area contributed by atoms with Crippen molar-refractivity contribution in [1.29, 1.82) is 0 Å². The Morgan fingerprint density at radius 2 is 2.04 bits per heavy atom. The van der Waals surface area contributed by atoms with E-state index in [9.17, 15) is 4.79 Å². The summed E-state index contributed by atoms with van der Waals surface area (Å²) in [7, 11) is 3.89. The fraction of sp³-hybridized carbons (Fsp3) is 0.500. The van der Waals surface area contributed by atoms with Crippen LogP contribution in [0.2, 0.25) is 0 Å². The molecule has 1 aliphatic heterocycles. The molecule has 10 heteroatoms. The summed E-state index contributed by atoms with van der Waals surface area (Å²) in [5.74, 6) is 2.34. The molecule has 0 aromatic carbocycles. The minimum atomic E-state index is -0.115. The number of aromatic amines is 1. The molecular weight excluding hydrogens is 358 g/mol. The number of amides is 2. The van der Waals surface area contributed by atoms with Crippen LogP contribution in [-0.4, -0.2) is 66.8 Å². The van der Waals surface area contributed by atoms with E-state index in [1.807, 2.05) is 17.2 Å². The third-order valence-corrected chi connectivity index (χ3v) is 6.05. The topological polar surface area (TPSA) is 108 Å². The second-order valence-electron chi connectivity index (χ2n) is 7.77. The Labute approximate surface area is 162 Å². The van der Waals surface area contributed by atoms with Crippen LogP contribution in [0.5, 0.6) is 0 Å². The van der Waals surface area contributed by atoms with Crippen LogP contribution in [-0.2, 0) is 7.05 Å². The van der Waals surface area contributed by atoms with E-state index < -0.39 is 0 Å². The number of anilines is 2. The van der Waals surface area contributed by atoms with Crippen LogP contribution in [0.1, 0.15) is 12.8 Å². The van der Waals surface area contributed by atoms with Gasteiger partial charge in [-0.15, -0.1) is 5.10 Å². The van der Waals surface area contributed by atoms with Crippen molar-refractivity contribution in [3.8, 4) is 0 Å². The number of aryl methyl sites for hydroxylation is 1. The smallest absolute Gasteiger partial charge is 0.324 e. The molecule has 1 unspecified atom stereocenters. The molecule has 0 radical (unpaired) electrons. The molecule has 0 bridgehead atoms. The molecule has 28 heavy (non-hydrogen) atoms. The van der Waals surface area contributed by atoms with Gasteiger partial charge in [0.2, 0.25) is 5.95 Å². The Balaban J connectivity index is 1.23. The van der Waals surface area contributed by atoms with Gasteiger partial charge < -0.3 is 14.8 Å². The number of rotatable bonds is 3. The fourth-order valence-electron chi connectivity index (χ4n) is 4.63. The number of likely N-dealkylation sites (tertiary alicyclic amines) is 1. The van der Waals surface area contributed by atoms with Gasteiger partial charge in [0.1, 0.15) is 24.1 Å². The van der Waals surface area contributed by atoms with Crippen LogP contribution in [0, 0.1) is 11.8 Å². The molecule has 10 nitrogen and oxygen atoms in total. The number of aromatic nitrogens is 6. The summed E-state index contributed by atoms with van der Waals surface area (Å²) in [6, 6.07) is 2.33. The summed E-state index contributed by atoms with van der Waals surface area (Å²) in [5, 5.41) is 7.94. The summed E-state index contributed by atoms with van der Waals surface area (Å²) >= 11 is 0. The molecule has 2 amide bonds. The van der Waals surface area contributed by atoms with Crippen LogP contribution in [0.3, 0.4) is 0 Å². The van der Waals surface area contributed by atoms with Crippen molar-refractivity contribution in [2.45, 2.75) is 18.9 Å². The SMILES string of the molecule is CN(c1ncnc2[nH]ccc12)[C@@H]1CC2CN(C(=O)Nc3ncn(C)n3)C[C@H]2C1. The lowest BCUT2D eigenvalue weighted by Gasteiger charge is -2.27. The average molecular weight is 381 g/mol. The van der Waals surface area contributed by atoms with Crippen molar-refractivity contribution >= 4 is 28.8 Å². The van der Waals surface area contributed by atoms with Gasteiger partial charge in [-0.05, 0) is 30.7 Å². The highest BCUT2D eigenvalue weighted by Crippen LogP contribution is 2.41. The monoisotopic (exact) mass is 381 g/mol. The lowest BCUT2D eigenvalue weighted by molar-refractivity contribution is 0.218. The maximum atomic E-state index is 12.5. The Bertz CT molecular complexity index is 997. The minimum Gasteiger partial charge on any atom is -0.356 e. The molecule has 1 saturated heterocycles. The molecule has 1 aliphatic carbocycles. The first kappa shape index (κ1) is 17.0. The third kappa shape index (κ3) is 2.85. The Kier molecular flexibility index (Phi) is 3.92. The lowest BCUT2D eigenvalue weighted by atomic mass is 10.0. The molecule has 2 N–H and O–H groups in total. The Morgan fingerprint density at radius 3 is 2.75 bits per heavy atom. The van der Waals surface area contributed by atoms with Gasteiger partial charge in [-0.25, -0.2) is 19.7 Å². The van der Waals surface area contributed by atoms with E-state index >= 15 is 0 Å². The van der Waals surface area contributed by atoms with Crippen molar-refractivity contribution in [2.24, 2.45) is 18.9 Å². The van der Waals surface area contributed by atoms with E-state index in [2.05, 4.69) is 42.3 Å². The van der Waals surface area contributed by atoms with Crippen molar-refractivity contribution in [2.75, 3.05) is 30.4 Å². The summed E-state index contributed by atoms with van der Waals surface area (Å²) < 4.78 is 1.57. The highest BCUT2D eigenvalue weighted by atomic mass is 16.2. The molecule has 1 saturated carbocycles. The number of hydrogen-bond acceptors (Lipinski definition) is 6. The van der Waals surface area contributed by atoms with E-state index in [1.54, 1.807) is 24.4 Å². The fourth-order valence-corrected chi connectivity index (χ4v) is 4.63. The highest BCUT2D eigenvalue weighted by Gasteiger charge is 2.44. The predicted molar refractivity (Wildman–Crippen MR) is 104 cm³/mol. The van der Waals surface area contributed by atoms with Crippen LogP contribution in [0.25, 0.3) is 11.0 Å². The number of carbonyl (C=O) groups is 1. The molecule has 2 aliphatic rings. The molecule has 3 aromatic heterocycles. The van der Waals surface area contributed by atoms with Crippen LogP contribution in [0.4, 0.5) is 16.6 Å². The molecule has 2 fully saturated rings. The van der Waals surface area contributed by atoms with E-state index in [0.29, 0.717) is 23.8 Å². The molecule has 3 aromatic rings. The predicted octanol–water partition coefficient (Wildman–Crippen LogP) is 1.47. The zero-order valence-electron chi connectivity index (χ0n) is 15.9. The standard InChI is InChI=1S/C18H23N9O/c1-25-10-22-17(24-25)23-18(28)27-7-11-5-13(6-12(11)8-27)26(2)16-14-3-4-19-15(14)20-9-21-16/h3-4,9-13H,5-8H2,1-2H3,(H,19,20,21)(H,23,24,28)/t11-,12?,13+/m1/s1. The maximum absolute atomic E-state index is 12.5. The molecule has 5 rings (SSSR count). The number of carbonyl (C=O) groups excluding carboxylic acids is 1. The van der Waals surface area contributed by atoms with E-state index in [1.165, 1.54) is 0 Å². The maximum Gasteiger partial charge on any atom is 0.324 e. The molecule has 4 heterocycles. The van der Waals surface area contributed by atoms with E-state index in [0.717, 1.165) is 42.8 Å². The van der Waals surface area contributed by atoms with Crippen molar-refractivity contribution in [1.82, 2.24) is 34.6 Å². The zero-order valence-corrected chi connectivity index (χ0v) is 15.9. The van der Waals surface area contributed by atoms with Gasteiger partial charge in [-0.3, -0.25) is 10.00 Å². The first-order chi connectivity index (χ1) is 13.6. The Hall–Kier alpha value is -3.17. The summed E-state index contributed by atoms with van der Waals surface area (Å²) in [6.45, 7) is 1.55. The van der Waals surface area contributed by atoms with Gasteiger partial charge in [0.15, 0.2) is 0 Å². The number of urea groups is 1. The average Bonchev–Trinajstić information content (AvgIpc) is 3.43. The quantitative estimate of drug-likeness (QED) is 0.711. The second-order valence-corrected chi connectivity index (χ2v) is 7.77. The molecule has 3 atom stereocenters. The van der Waals surface area contributed by atoms with Gasteiger partial charge in [0.25, 0.3) is 0 Å². The van der Waals surface area contributed by atoms with Crippen molar-refractivity contribution in [3.05, 3.63) is 24.9 Å². The van der Waals surface area contributed by atoms with E-state index in [-0.39, 0.29) is 6.03 Å². The number of H-pyrrole nitrogens is 1. The van der Waals surface area contributed by atoms with Gasteiger partial charge in [-0.2, -0.15) is 0 Å². The minimum absolute atomic E-state index is 0.115. The highest BCUT2D eigenvalue weighted by molar-refractivity contribution is 5.88. The molecule has 0 spiro atoms. The lowest BCUT2D eigenvalue weighted by Crippen LogP contribution is -2.36. The normalized spacial score (nSPS) is 23.9. The summed E-state index contributed by atoms with van der Waals surface area (Å²) in [5.41, 5.74) is 0.862.